The van der Waals surface area contributed by atoms with Crippen LogP contribution in [0.3, 0.4) is 0 Å². The van der Waals surface area contributed by atoms with Gasteiger partial charge in [-0.05, 0) is 173 Å². The Kier molecular flexibility index (Phi) is 9.01. The lowest BCUT2D eigenvalue weighted by Gasteiger charge is -2.21. The maximum atomic E-state index is 2.53. The highest BCUT2D eigenvalue weighted by atomic mass is 15.0. The Hall–Kier alpha value is -8.98. The Balaban J connectivity index is 0.838. The van der Waals surface area contributed by atoms with E-state index in [1.165, 1.54) is 143 Å². The molecule has 0 unspecified atom stereocenters. The van der Waals surface area contributed by atoms with Crippen LogP contribution in [0.4, 0.5) is 0 Å². The number of fused-ring (bicyclic) bond motifs is 14. The molecule has 0 aliphatic heterocycles. The van der Waals surface area contributed by atoms with E-state index in [-0.39, 0.29) is 10.8 Å². The van der Waals surface area contributed by atoms with Crippen LogP contribution in [0.2, 0.25) is 0 Å². The normalized spacial score (nSPS) is 14.8. The second-order valence-corrected chi connectivity index (χ2v) is 22.7. The molecule has 0 saturated heterocycles. The predicted molar refractivity (Wildman–Crippen MR) is 321 cm³/mol. The first-order valence-corrected chi connectivity index (χ1v) is 27.1. The van der Waals surface area contributed by atoms with E-state index >= 15 is 0 Å². The molecule has 2 nitrogen and oxygen atoms in total. The van der Waals surface area contributed by atoms with Gasteiger partial charge in [0.2, 0.25) is 0 Å². The SMILES string of the molecule is CC1(C)c2ccccc2-c2cc3c4ccc(C5=c6ccccc6=CCC5)cc4n(-c4ccc(-c5ccc(-n6c7cc(-c8cccc9ccccc89)ccc7c7cc8c(cc76)C(C)(C)c6ccccc6-8)cc5)cc4)c3cc21. The Labute approximate surface area is 442 Å². The van der Waals surface area contributed by atoms with E-state index in [4.69, 9.17) is 0 Å². The highest BCUT2D eigenvalue weighted by Crippen LogP contribution is 2.53. The maximum absolute atomic E-state index is 2.53. The number of nitrogens with zero attached hydrogens (tertiary/aromatic N) is 2. The topological polar surface area (TPSA) is 9.86 Å². The van der Waals surface area contributed by atoms with E-state index < -0.39 is 0 Å². The van der Waals surface area contributed by atoms with Crippen molar-refractivity contribution in [3.05, 3.63) is 263 Å². The molecule has 0 N–H and O–H groups in total. The zero-order chi connectivity index (χ0) is 50.6. The quantitative estimate of drug-likeness (QED) is 0.163. The van der Waals surface area contributed by atoms with Crippen molar-refractivity contribution < 1.29 is 0 Å². The fourth-order valence-electron chi connectivity index (χ4n) is 14.2. The van der Waals surface area contributed by atoms with Crippen molar-refractivity contribution in [1.29, 1.82) is 0 Å². The van der Waals surface area contributed by atoms with Crippen LogP contribution < -0.4 is 10.4 Å². The van der Waals surface area contributed by atoms with Gasteiger partial charge in [0.15, 0.2) is 0 Å². The van der Waals surface area contributed by atoms with E-state index in [2.05, 4.69) is 267 Å². The third-order valence-corrected chi connectivity index (χ3v) is 18.0. The lowest BCUT2D eigenvalue weighted by molar-refractivity contribution is 0.661. The number of rotatable bonds is 5. The molecule has 2 heterocycles. The summed E-state index contributed by atoms with van der Waals surface area (Å²) in [6.45, 7) is 9.54. The Bertz CT molecular complexity index is 4780. The first-order chi connectivity index (χ1) is 37.2. The summed E-state index contributed by atoms with van der Waals surface area (Å²) in [4.78, 5) is 0. The number of hydrogen-bond donors (Lipinski definition) is 0. The fourth-order valence-corrected chi connectivity index (χ4v) is 14.2. The van der Waals surface area contributed by atoms with Gasteiger partial charge in [-0.15, -0.1) is 0 Å². The lowest BCUT2D eigenvalue weighted by atomic mass is 9.82. The van der Waals surface area contributed by atoms with Gasteiger partial charge in [0.05, 0.1) is 22.1 Å². The van der Waals surface area contributed by atoms with Gasteiger partial charge < -0.3 is 9.13 Å². The molecule has 0 radical (unpaired) electrons. The molecule has 13 aromatic rings. The van der Waals surface area contributed by atoms with Gasteiger partial charge in [-0.1, -0.05) is 198 Å². The van der Waals surface area contributed by atoms with Crippen molar-refractivity contribution >= 4 is 66.0 Å². The molecule has 0 spiro atoms. The summed E-state index contributed by atoms with van der Waals surface area (Å²) in [6.07, 6.45) is 4.48. The summed E-state index contributed by atoms with van der Waals surface area (Å²) >= 11 is 0. The van der Waals surface area contributed by atoms with E-state index in [1.807, 2.05) is 0 Å². The molecule has 0 atom stereocenters. The van der Waals surface area contributed by atoms with Crippen LogP contribution in [0, 0.1) is 0 Å². The first kappa shape index (κ1) is 43.4. The van der Waals surface area contributed by atoms with Gasteiger partial charge in [-0.25, -0.2) is 0 Å². The second kappa shape index (κ2) is 15.8. The van der Waals surface area contributed by atoms with E-state index in [0.717, 1.165) is 24.2 Å². The van der Waals surface area contributed by atoms with Crippen molar-refractivity contribution in [2.75, 3.05) is 0 Å². The zero-order valence-corrected chi connectivity index (χ0v) is 43.2. The molecule has 3 aliphatic carbocycles. The third kappa shape index (κ3) is 6.10. The van der Waals surface area contributed by atoms with E-state index in [0.29, 0.717) is 0 Å². The minimum Gasteiger partial charge on any atom is -0.309 e. The summed E-state index contributed by atoms with van der Waals surface area (Å²) in [5, 5.41) is 10.3. The second-order valence-electron chi connectivity index (χ2n) is 22.7. The van der Waals surface area contributed by atoms with Gasteiger partial charge in [0.25, 0.3) is 0 Å². The lowest BCUT2D eigenvalue weighted by Crippen LogP contribution is -2.29. The minimum atomic E-state index is -0.116. The van der Waals surface area contributed by atoms with Crippen LogP contribution in [-0.4, -0.2) is 9.13 Å². The molecule has 2 heteroatoms. The van der Waals surface area contributed by atoms with Gasteiger partial charge >= 0.3 is 0 Å². The van der Waals surface area contributed by atoms with Crippen LogP contribution in [0.1, 0.15) is 68.4 Å². The summed E-state index contributed by atoms with van der Waals surface area (Å²) in [6, 6.07) is 85.2. The summed E-state index contributed by atoms with van der Waals surface area (Å²) < 4.78 is 5.05. The molecule has 360 valence electrons. The monoisotopic (exact) mass is 970 g/mol. The van der Waals surface area contributed by atoms with E-state index in [1.54, 1.807) is 0 Å². The summed E-state index contributed by atoms with van der Waals surface area (Å²) in [5.74, 6) is 0. The smallest absolute Gasteiger partial charge is 0.0547 e. The standard InChI is InChI=1S/C74H54N2/c1-73(2)65-25-11-9-21-57(65)61-41-63-59-37-31-49(55-23-13-17-47-15-5-7-19-53(47)55)39-69(59)75(71(63)43-67(61)73)51-33-27-45(28-34-51)46-29-35-52(36-30-46)76-70-40-50(56-24-14-18-48-16-6-8-20-54(48)56)32-38-60(70)64-42-62-58-22-10-12-26-66(58)74(3,4)68(62)44-72(64)76/h5-13,15-23,25-44H,14,24H2,1-4H3. The molecular formula is C74H54N2. The van der Waals surface area contributed by atoms with Crippen LogP contribution in [0.25, 0.3) is 122 Å². The van der Waals surface area contributed by atoms with Gasteiger partial charge in [0.1, 0.15) is 0 Å². The van der Waals surface area contributed by atoms with Crippen LogP contribution >= 0.6 is 0 Å². The van der Waals surface area contributed by atoms with Crippen molar-refractivity contribution in [2.24, 2.45) is 0 Å². The molecule has 2 aromatic heterocycles. The number of hydrogen-bond acceptors (Lipinski definition) is 0. The molecule has 0 fully saturated rings. The highest BCUT2D eigenvalue weighted by molar-refractivity contribution is 6.14. The van der Waals surface area contributed by atoms with Crippen molar-refractivity contribution in [1.82, 2.24) is 9.13 Å². The third-order valence-electron chi connectivity index (χ3n) is 18.0. The molecule has 3 aliphatic rings. The largest absolute Gasteiger partial charge is 0.309 e. The van der Waals surface area contributed by atoms with Crippen molar-refractivity contribution in [3.8, 4) is 55.9 Å². The van der Waals surface area contributed by atoms with Crippen LogP contribution in [0.5, 0.6) is 0 Å². The maximum Gasteiger partial charge on any atom is 0.0547 e. The summed E-state index contributed by atoms with van der Waals surface area (Å²) in [7, 11) is 0. The Morgan fingerprint density at radius 1 is 0.329 bits per heavy atom. The average molecular weight is 971 g/mol. The molecule has 11 aromatic carbocycles. The van der Waals surface area contributed by atoms with E-state index in [9.17, 15) is 0 Å². The average Bonchev–Trinajstić information content (AvgIpc) is 4.28. The van der Waals surface area contributed by atoms with Gasteiger partial charge in [0, 0.05) is 43.7 Å². The predicted octanol–water partition coefficient (Wildman–Crippen LogP) is 17.8. The fraction of sp³-hybridized carbons (Fsp3) is 0.108. The van der Waals surface area contributed by atoms with Gasteiger partial charge in [-0.3, -0.25) is 0 Å². The number of aromatic nitrogens is 2. The van der Waals surface area contributed by atoms with Crippen LogP contribution in [-0.2, 0) is 10.8 Å². The van der Waals surface area contributed by atoms with Crippen molar-refractivity contribution in [2.45, 2.75) is 51.4 Å². The summed E-state index contributed by atoms with van der Waals surface area (Å²) in [5.41, 5.74) is 25.6. The van der Waals surface area contributed by atoms with Gasteiger partial charge in [-0.2, -0.15) is 0 Å². The Morgan fingerprint density at radius 3 is 1.42 bits per heavy atom. The molecule has 76 heavy (non-hydrogen) atoms. The molecule has 16 rings (SSSR count). The molecular weight excluding hydrogens is 917 g/mol. The molecule has 0 bridgehead atoms. The van der Waals surface area contributed by atoms with Crippen molar-refractivity contribution in [3.63, 3.8) is 0 Å². The van der Waals surface area contributed by atoms with Crippen LogP contribution in [0.15, 0.2) is 224 Å². The highest BCUT2D eigenvalue weighted by Gasteiger charge is 2.38. The molecule has 0 saturated carbocycles. The number of benzene rings is 11. The first-order valence-electron chi connectivity index (χ1n) is 27.1. The molecule has 0 amide bonds. The minimum absolute atomic E-state index is 0.110. The Morgan fingerprint density at radius 2 is 0.803 bits per heavy atom. The zero-order valence-electron chi connectivity index (χ0n) is 43.2.